The summed E-state index contributed by atoms with van der Waals surface area (Å²) < 4.78 is 0. The van der Waals surface area contributed by atoms with Gasteiger partial charge in [-0.3, -0.25) is 4.79 Å². The summed E-state index contributed by atoms with van der Waals surface area (Å²) in [6.07, 6.45) is 11.5. The first-order valence-corrected chi connectivity index (χ1v) is 4.94. The standard InChI is InChI=1S/C12H11NO3/c14-11-6-2-1-5-10(11)13-7-3-4-9(8-13)12(15)16/h1-6,8,10H,7H2,(H,15,16). The molecule has 1 unspecified atom stereocenters. The molecule has 1 aliphatic heterocycles. The maximum Gasteiger partial charge on any atom is 0.337 e. The van der Waals surface area contributed by atoms with Crippen LogP contribution in [0.15, 0.2) is 48.2 Å². The Morgan fingerprint density at radius 1 is 1.38 bits per heavy atom. The van der Waals surface area contributed by atoms with Gasteiger partial charge in [-0.2, -0.15) is 0 Å². The Morgan fingerprint density at radius 2 is 2.19 bits per heavy atom. The van der Waals surface area contributed by atoms with Crippen LogP contribution in [0.1, 0.15) is 0 Å². The number of hydrogen-bond acceptors (Lipinski definition) is 3. The van der Waals surface area contributed by atoms with Crippen LogP contribution in [-0.2, 0) is 9.59 Å². The minimum absolute atomic E-state index is 0.0289. The lowest BCUT2D eigenvalue weighted by molar-refractivity contribution is -0.132. The number of nitrogens with zero attached hydrogens (tertiary/aromatic N) is 1. The van der Waals surface area contributed by atoms with Gasteiger partial charge in [0.1, 0.15) is 6.04 Å². The molecule has 2 aliphatic rings. The topological polar surface area (TPSA) is 57.6 Å². The van der Waals surface area contributed by atoms with Crippen LogP contribution in [0.5, 0.6) is 0 Å². The largest absolute Gasteiger partial charge is 0.478 e. The van der Waals surface area contributed by atoms with Crippen LogP contribution in [0.25, 0.3) is 0 Å². The zero-order valence-electron chi connectivity index (χ0n) is 8.54. The van der Waals surface area contributed by atoms with Crippen LogP contribution < -0.4 is 0 Å². The summed E-state index contributed by atoms with van der Waals surface area (Å²) in [5, 5.41) is 8.86. The van der Waals surface area contributed by atoms with Gasteiger partial charge in [-0.25, -0.2) is 4.79 Å². The van der Waals surface area contributed by atoms with E-state index in [0.717, 1.165) is 0 Å². The van der Waals surface area contributed by atoms with Gasteiger partial charge in [0.25, 0.3) is 0 Å². The highest BCUT2D eigenvalue weighted by atomic mass is 16.4. The fourth-order valence-corrected chi connectivity index (χ4v) is 1.68. The number of carboxylic acid groups (broad SMARTS) is 1. The second kappa shape index (κ2) is 4.18. The minimum Gasteiger partial charge on any atom is -0.478 e. The van der Waals surface area contributed by atoms with Crippen LogP contribution in [0.4, 0.5) is 0 Å². The predicted molar refractivity (Wildman–Crippen MR) is 58.6 cm³/mol. The van der Waals surface area contributed by atoms with Crippen molar-refractivity contribution in [2.75, 3.05) is 6.54 Å². The summed E-state index contributed by atoms with van der Waals surface area (Å²) in [7, 11) is 0. The van der Waals surface area contributed by atoms with Crippen LogP contribution in [-0.4, -0.2) is 34.3 Å². The van der Waals surface area contributed by atoms with Crippen LogP contribution in [0, 0.1) is 0 Å². The molecule has 0 spiro atoms. The lowest BCUT2D eigenvalue weighted by Crippen LogP contribution is -2.37. The highest BCUT2D eigenvalue weighted by molar-refractivity contribution is 5.97. The predicted octanol–water partition coefficient (Wildman–Crippen LogP) is 0.890. The van der Waals surface area contributed by atoms with Gasteiger partial charge in [0, 0.05) is 12.7 Å². The molecule has 0 saturated heterocycles. The maximum absolute atomic E-state index is 11.6. The smallest absolute Gasteiger partial charge is 0.337 e. The molecule has 0 aromatic rings. The van der Waals surface area contributed by atoms with E-state index in [1.807, 2.05) is 0 Å². The summed E-state index contributed by atoms with van der Waals surface area (Å²) >= 11 is 0. The third kappa shape index (κ3) is 1.95. The first-order chi connectivity index (χ1) is 7.68. The molecule has 2 rings (SSSR count). The molecule has 0 amide bonds. The second-order valence-corrected chi connectivity index (χ2v) is 3.58. The Morgan fingerprint density at radius 3 is 2.88 bits per heavy atom. The van der Waals surface area contributed by atoms with E-state index in [1.54, 1.807) is 35.3 Å². The Hall–Kier alpha value is -2.10. The highest BCUT2D eigenvalue weighted by Gasteiger charge is 2.22. The summed E-state index contributed by atoms with van der Waals surface area (Å²) in [4.78, 5) is 24.1. The fraction of sp³-hybridized carbons (Fsp3) is 0.167. The molecule has 1 heterocycles. The third-order valence-electron chi connectivity index (χ3n) is 2.48. The van der Waals surface area contributed by atoms with E-state index in [9.17, 15) is 9.59 Å². The zero-order valence-corrected chi connectivity index (χ0v) is 8.54. The first-order valence-electron chi connectivity index (χ1n) is 4.94. The van der Waals surface area contributed by atoms with Gasteiger partial charge in [-0.15, -0.1) is 0 Å². The quantitative estimate of drug-likeness (QED) is 0.746. The molecule has 0 aromatic carbocycles. The SMILES string of the molecule is O=C(O)C1=CN(C2C=CC=CC2=O)CC=C1. The number of carboxylic acids is 1. The van der Waals surface area contributed by atoms with E-state index < -0.39 is 5.97 Å². The molecule has 0 aromatic heterocycles. The molecule has 1 aliphatic carbocycles. The molecule has 1 atom stereocenters. The van der Waals surface area contributed by atoms with E-state index >= 15 is 0 Å². The van der Waals surface area contributed by atoms with Gasteiger partial charge in [0.2, 0.25) is 0 Å². The molecule has 4 heteroatoms. The Labute approximate surface area is 92.9 Å². The fourth-order valence-electron chi connectivity index (χ4n) is 1.68. The summed E-state index contributed by atoms with van der Waals surface area (Å²) in [5.41, 5.74) is 0.196. The average molecular weight is 217 g/mol. The van der Waals surface area contributed by atoms with E-state index in [1.165, 1.54) is 12.3 Å². The van der Waals surface area contributed by atoms with Crippen LogP contribution in [0.2, 0.25) is 0 Å². The normalized spacial score (nSPS) is 23.5. The highest BCUT2D eigenvalue weighted by Crippen LogP contribution is 2.15. The van der Waals surface area contributed by atoms with Crippen molar-refractivity contribution in [3.63, 3.8) is 0 Å². The number of hydrogen-bond donors (Lipinski definition) is 1. The first kappa shape index (κ1) is 10.4. The second-order valence-electron chi connectivity index (χ2n) is 3.58. The zero-order chi connectivity index (χ0) is 11.5. The average Bonchev–Trinajstić information content (AvgIpc) is 2.30. The third-order valence-corrected chi connectivity index (χ3v) is 2.48. The van der Waals surface area contributed by atoms with Crippen molar-refractivity contribution in [3.05, 3.63) is 48.2 Å². The number of aliphatic carboxylic acids is 1. The Balaban J connectivity index is 2.20. The van der Waals surface area contributed by atoms with Gasteiger partial charge in [-0.1, -0.05) is 24.3 Å². The lowest BCUT2D eigenvalue weighted by Gasteiger charge is -2.28. The molecule has 4 nitrogen and oxygen atoms in total. The molecular weight excluding hydrogens is 206 g/mol. The van der Waals surface area contributed by atoms with Crippen LogP contribution in [0.3, 0.4) is 0 Å². The Bertz CT molecular complexity index is 443. The van der Waals surface area contributed by atoms with E-state index in [4.69, 9.17) is 5.11 Å². The molecule has 82 valence electrons. The van der Waals surface area contributed by atoms with Gasteiger partial charge >= 0.3 is 5.97 Å². The summed E-state index contributed by atoms with van der Waals surface area (Å²) in [6.45, 7) is 0.547. The van der Waals surface area contributed by atoms with Crippen molar-refractivity contribution < 1.29 is 14.7 Å². The van der Waals surface area contributed by atoms with Gasteiger partial charge in [0.15, 0.2) is 5.78 Å². The number of rotatable bonds is 2. The Kier molecular flexibility index (Phi) is 2.72. The van der Waals surface area contributed by atoms with Crippen molar-refractivity contribution in [2.24, 2.45) is 0 Å². The van der Waals surface area contributed by atoms with E-state index in [0.29, 0.717) is 6.54 Å². The maximum atomic E-state index is 11.6. The molecule has 1 N–H and O–H groups in total. The van der Waals surface area contributed by atoms with E-state index in [-0.39, 0.29) is 17.4 Å². The van der Waals surface area contributed by atoms with Crippen molar-refractivity contribution >= 4 is 11.8 Å². The monoisotopic (exact) mass is 217 g/mol. The molecule has 0 fully saturated rings. The molecule has 16 heavy (non-hydrogen) atoms. The van der Waals surface area contributed by atoms with Crippen molar-refractivity contribution in [1.82, 2.24) is 4.90 Å². The van der Waals surface area contributed by atoms with Crippen LogP contribution >= 0.6 is 0 Å². The number of ketones is 1. The minimum atomic E-state index is -0.983. The number of allylic oxidation sites excluding steroid dienone is 2. The van der Waals surface area contributed by atoms with Gasteiger partial charge in [0.05, 0.1) is 5.57 Å². The molecule has 0 bridgehead atoms. The van der Waals surface area contributed by atoms with Gasteiger partial charge < -0.3 is 10.0 Å². The lowest BCUT2D eigenvalue weighted by atomic mass is 10.0. The van der Waals surface area contributed by atoms with Crippen molar-refractivity contribution in [3.8, 4) is 0 Å². The summed E-state index contributed by atoms with van der Waals surface area (Å²) in [6, 6.07) is -0.385. The van der Waals surface area contributed by atoms with E-state index in [2.05, 4.69) is 0 Å². The van der Waals surface area contributed by atoms with Gasteiger partial charge in [-0.05, 0) is 12.2 Å². The van der Waals surface area contributed by atoms with Crippen molar-refractivity contribution in [2.45, 2.75) is 6.04 Å². The molecular formula is C12H11NO3. The number of carbonyl (C=O) groups is 2. The molecule has 0 radical (unpaired) electrons. The van der Waals surface area contributed by atoms with Crippen molar-refractivity contribution in [1.29, 1.82) is 0 Å². The number of carbonyl (C=O) groups excluding carboxylic acids is 1. The molecule has 0 saturated carbocycles. The summed E-state index contributed by atoms with van der Waals surface area (Å²) in [5.74, 6) is -1.01.